The zero-order chi connectivity index (χ0) is 20.4. The first-order chi connectivity index (χ1) is 14.6. The number of nitrogens with zero attached hydrogens (tertiary/aromatic N) is 4. The normalized spacial score (nSPS) is 23.9. The Morgan fingerprint density at radius 2 is 2.17 bits per heavy atom. The van der Waals surface area contributed by atoms with Crippen molar-refractivity contribution >= 4 is 28.9 Å². The molecule has 0 aromatic carbocycles. The maximum atomic E-state index is 13.1. The van der Waals surface area contributed by atoms with Gasteiger partial charge in [-0.1, -0.05) is 0 Å². The second-order valence-electron chi connectivity index (χ2n) is 7.69. The van der Waals surface area contributed by atoms with Gasteiger partial charge in [-0.25, -0.2) is 4.98 Å². The van der Waals surface area contributed by atoms with Gasteiger partial charge in [0, 0.05) is 24.1 Å². The molecule has 30 heavy (non-hydrogen) atoms. The Labute approximate surface area is 169 Å². The number of amides is 1. The second kappa shape index (κ2) is 6.20. The monoisotopic (exact) mass is 409 g/mol. The van der Waals surface area contributed by atoms with E-state index in [4.69, 9.17) is 15.2 Å². The van der Waals surface area contributed by atoms with Crippen LogP contribution >= 0.6 is 0 Å². The molecule has 3 aromatic rings. The molecule has 2 aliphatic heterocycles. The minimum atomic E-state index is -0.635. The van der Waals surface area contributed by atoms with Crippen LogP contribution in [0.1, 0.15) is 16.4 Å². The van der Waals surface area contributed by atoms with Crippen LogP contribution in [-0.4, -0.2) is 51.4 Å². The van der Waals surface area contributed by atoms with E-state index in [1.807, 2.05) is 12.3 Å². The Balaban J connectivity index is 1.44. The van der Waals surface area contributed by atoms with E-state index in [-0.39, 0.29) is 22.8 Å². The fraction of sp³-hybridized carbons (Fsp3) is 0.368. The van der Waals surface area contributed by atoms with Crippen molar-refractivity contribution in [2.75, 3.05) is 37.0 Å². The molecule has 154 valence electrons. The van der Waals surface area contributed by atoms with Crippen molar-refractivity contribution in [3.05, 3.63) is 40.4 Å². The molecule has 1 saturated heterocycles. The van der Waals surface area contributed by atoms with Crippen LogP contribution in [0.4, 0.5) is 17.3 Å². The Morgan fingerprint density at radius 3 is 2.97 bits per heavy atom. The molecule has 3 aliphatic rings. The number of aromatic nitrogens is 4. The number of nitrogens with two attached hydrogens (primary N) is 1. The summed E-state index contributed by atoms with van der Waals surface area (Å²) in [6.45, 7) is 2.40. The van der Waals surface area contributed by atoms with Crippen molar-refractivity contribution in [2.45, 2.75) is 6.04 Å². The van der Waals surface area contributed by atoms with Crippen molar-refractivity contribution in [1.82, 2.24) is 19.2 Å². The molecule has 2 fully saturated rings. The minimum Gasteiger partial charge on any atom is -0.485 e. The number of hydrogen-bond acceptors (Lipinski definition) is 8. The molecule has 3 atom stereocenters. The zero-order valence-corrected chi connectivity index (χ0v) is 15.9. The van der Waals surface area contributed by atoms with E-state index in [1.165, 1.54) is 10.7 Å². The number of fused-ring (bicyclic) bond motifs is 4. The summed E-state index contributed by atoms with van der Waals surface area (Å²) in [6.07, 6.45) is 3.18. The summed E-state index contributed by atoms with van der Waals surface area (Å²) >= 11 is 0. The van der Waals surface area contributed by atoms with Gasteiger partial charge in [-0.3, -0.25) is 9.59 Å². The van der Waals surface area contributed by atoms with Crippen molar-refractivity contribution in [3.63, 3.8) is 0 Å². The van der Waals surface area contributed by atoms with Gasteiger partial charge in [-0.2, -0.15) is 9.61 Å². The maximum absolute atomic E-state index is 13.1. The lowest BCUT2D eigenvalue weighted by atomic mass is 10.3. The Kier molecular flexibility index (Phi) is 3.57. The highest BCUT2D eigenvalue weighted by atomic mass is 16.5. The number of pyridine rings is 1. The van der Waals surface area contributed by atoms with Gasteiger partial charge in [0.15, 0.2) is 17.3 Å². The number of primary amides is 1. The minimum absolute atomic E-state index is 0.139. The van der Waals surface area contributed by atoms with E-state index in [2.05, 4.69) is 20.7 Å². The molecular formula is C19H19N7O4. The summed E-state index contributed by atoms with van der Waals surface area (Å²) in [5.74, 6) is 1.47. The van der Waals surface area contributed by atoms with E-state index in [0.717, 1.165) is 0 Å². The van der Waals surface area contributed by atoms with Gasteiger partial charge >= 0.3 is 0 Å². The molecule has 6 rings (SSSR count). The van der Waals surface area contributed by atoms with Crippen LogP contribution in [0.15, 0.2) is 29.3 Å². The quantitative estimate of drug-likeness (QED) is 0.561. The first kappa shape index (κ1) is 17.3. The van der Waals surface area contributed by atoms with E-state index in [0.29, 0.717) is 61.3 Å². The van der Waals surface area contributed by atoms with E-state index < -0.39 is 5.91 Å². The third kappa shape index (κ3) is 2.41. The van der Waals surface area contributed by atoms with Gasteiger partial charge in [0.1, 0.15) is 17.9 Å². The highest BCUT2D eigenvalue weighted by Gasteiger charge is 2.55. The predicted molar refractivity (Wildman–Crippen MR) is 106 cm³/mol. The first-order valence-corrected chi connectivity index (χ1v) is 9.77. The number of carbonyl (C=O) groups excluding carboxylic acids is 1. The van der Waals surface area contributed by atoms with Crippen molar-refractivity contribution in [1.29, 1.82) is 0 Å². The number of anilines is 3. The molecule has 0 unspecified atom stereocenters. The number of rotatable bonds is 4. The van der Waals surface area contributed by atoms with Crippen molar-refractivity contribution in [2.24, 2.45) is 17.6 Å². The largest absolute Gasteiger partial charge is 0.485 e. The van der Waals surface area contributed by atoms with Crippen LogP contribution < -0.4 is 26.7 Å². The van der Waals surface area contributed by atoms with Gasteiger partial charge in [-0.05, 0) is 12.1 Å². The first-order valence-electron chi connectivity index (χ1n) is 9.77. The van der Waals surface area contributed by atoms with Crippen LogP contribution in [0, 0.1) is 11.8 Å². The topological polar surface area (TPSA) is 138 Å². The summed E-state index contributed by atoms with van der Waals surface area (Å²) < 4.78 is 14.5. The fourth-order valence-corrected chi connectivity index (χ4v) is 4.44. The van der Waals surface area contributed by atoms with Gasteiger partial charge < -0.3 is 30.4 Å². The molecule has 11 heteroatoms. The highest BCUT2D eigenvalue weighted by molar-refractivity contribution is 5.99. The summed E-state index contributed by atoms with van der Waals surface area (Å²) in [7, 11) is 0. The Hall–Kier alpha value is -3.60. The lowest BCUT2D eigenvalue weighted by Gasteiger charge is -2.22. The average molecular weight is 409 g/mol. The maximum Gasteiger partial charge on any atom is 0.274 e. The molecule has 1 saturated carbocycles. The summed E-state index contributed by atoms with van der Waals surface area (Å²) in [5, 5.41) is 10.5. The van der Waals surface area contributed by atoms with Gasteiger partial charge in [0.2, 0.25) is 5.75 Å². The number of hydrogen-bond donors (Lipinski definition) is 3. The molecule has 1 aliphatic carbocycles. The van der Waals surface area contributed by atoms with Crippen LogP contribution in [0.5, 0.6) is 5.75 Å². The Morgan fingerprint density at radius 1 is 1.33 bits per heavy atom. The molecule has 4 N–H and O–H groups in total. The smallest absolute Gasteiger partial charge is 0.274 e. The van der Waals surface area contributed by atoms with Crippen molar-refractivity contribution in [3.8, 4) is 5.75 Å². The number of nitrogens with one attached hydrogen (secondary N) is 2. The van der Waals surface area contributed by atoms with Crippen LogP contribution in [-0.2, 0) is 4.74 Å². The standard InChI is InChI=1S/C19H19N7O4/c20-15(27)9-6-22-26-17(9)24-16(14-18(26)21-3-5-30-14)23-12-2-1-4-25(19(12)28)13-10-7-29-8-11(10)13/h1-2,4,6,10-11,13,21H,3,5,7-8H2,(H2,20,27)(H,23,24)/t10-,11+,13+. The predicted octanol–water partition coefficient (Wildman–Crippen LogP) is 0.355. The lowest BCUT2D eigenvalue weighted by molar-refractivity contribution is 0.100. The fourth-order valence-electron chi connectivity index (χ4n) is 4.44. The molecule has 0 bridgehead atoms. The summed E-state index contributed by atoms with van der Waals surface area (Å²) in [6, 6.07) is 3.70. The molecular weight excluding hydrogens is 390 g/mol. The lowest BCUT2D eigenvalue weighted by Crippen LogP contribution is -2.25. The number of ether oxygens (including phenoxy) is 2. The summed E-state index contributed by atoms with van der Waals surface area (Å²) in [5.41, 5.74) is 6.17. The molecule has 0 spiro atoms. The van der Waals surface area contributed by atoms with Crippen molar-refractivity contribution < 1.29 is 14.3 Å². The molecule has 0 radical (unpaired) electrons. The third-order valence-electron chi connectivity index (χ3n) is 5.97. The van der Waals surface area contributed by atoms with E-state index in [1.54, 1.807) is 10.6 Å². The van der Waals surface area contributed by atoms with Crippen LogP contribution in [0.3, 0.4) is 0 Å². The van der Waals surface area contributed by atoms with Gasteiger partial charge in [-0.15, -0.1) is 0 Å². The number of carbonyl (C=O) groups is 1. The Bertz CT molecular complexity index is 1240. The molecule has 1 amide bonds. The molecule has 3 aromatic heterocycles. The third-order valence-corrected chi connectivity index (χ3v) is 5.97. The van der Waals surface area contributed by atoms with Gasteiger partial charge in [0.25, 0.3) is 11.5 Å². The zero-order valence-electron chi connectivity index (χ0n) is 15.9. The SMILES string of the molecule is NC(=O)c1cnn2c3c(c(Nc4cccn([C@H]5[C@@H]6COC[C@@H]65)c4=O)nc12)OCCN3. The van der Waals surface area contributed by atoms with Gasteiger partial charge in [0.05, 0.1) is 26.0 Å². The molecule has 11 nitrogen and oxygen atoms in total. The van der Waals surface area contributed by atoms with E-state index >= 15 is 0 Å². The van der Waals surface area contributed by atoms with Crippen LogP contribution in [0.2, 0.25) is 0 Å². The second-order valence-corrected chi connectivity index (χ2v) is 7.69. The average Bonchev–Trinajstić information content (AvgIpc) is 3.09. The summed E-state index contributed by atoms with van der Waals surface area (Å²) in [4.78, 5) is 29.4. The van der Waals surface area contributed by atoms with E-state index in [9.17, 15) is 9.59 Å². The van der Waals surface area contributed by atoms with Crippen LogP contribution in [0.25, 0.3) is 5.65 Å². The highest BCUT2D eigenvalue weighted by Crippen LogP contribution is 2.53. The molecule has 5 heterocycles.